The first-order chi connectivity index (χ1) is 19.8. The third-order valence-corrected chi connectivity index (χ3v) is 9.49. The lowest BCUT2D eigenvalue weighted by Crippen LogP contribution is -2.55. The van der Waals surface area contributed by atoms with Gasteiger partial charge in [0.1, 0.15) is 24.2 Å². The second kappa shape index (κ2) is 12.3. The molecule has 0 saturated heterocycles. The van der Waals surface area contributed by atoms with Gasteiger partial charge in [0.25, 0.3) is 0 Å². The zero-order valence-corrected chi connectivity index (χ0v) is 25.0. The lowest BCUT2D eigenvalue weighted by Gasteiger charge is -2.39. The highest BCUT2D eigenvalue weighted by Gasteiger charge is 2.65. The van der Waals surface area contributed by atoms with Gasteiger partial charge in [0.2, 0.25) is 17.7 Å². The molecule has 42 heavy (non-hydrogen) atoms. The standard InChI is InChI=1S/C31H37N3O7S/c1-17-12-21-26(18(2)31(10-11-31)30(4,41)27(21)38)22(17)15-42-16-24(33-19(3)35)29(40)34-23(28(39)32-14-25(36)37)13-20-8-6-5-7-9-20/h5-9,12,23-24,41H,10-11,13-16H2,1-4H3,(H,32,39)(H,33,35)(H,34,40)(H,36,37)/t23-,24+,30-/m0/s1. The van der Waals surface area contributed by atoms with Crippen molar-refractivity contribution in [1.29, 1.82) is 0 Å². The van der Waals surface area contributed by atoms with Gasteiger partial charge < -0.3 is 26.2 Å². The quantitative estimate of drug-likeness (QED) is 0.245. The molecule has 3 atom stereocenters. The lowest BCUT2D eigenvalue weighted by molar-refractivity contribution is -0.138. The molecule has 3 aliphatic carbocycles. The maximum atomic E-state index is 13.4. The Hall–Kier alpha value is -3.70. The number of carboxylic acids is 1. The minimum absolute atomic E-state index is 0.130. The number of Topliss-reactive ketones (excluding diaryl/α,β-unsaturated/α-hetero) is 1. The fourth-order valence-corrected chi connectivity index (χ4v) is 7.09. The van der Waals surface area contributed by atoms with E-state index < -0.39 is 53.3 Å². The normalized spacial score (nSPS) is 21.8. The fraction of sp³-hybridized carbons (Fsp3) is 0.452. The van der Waals surface area contributed by atoms with Gasteiger partial charge in [0, 0.05) is 35.8 Å². The van der Waals surface area contributed by atoms with Gasteiger partial charge in [0.05, 0.1) is 0 Å². The summed E-state index contributed by atoms with van der Waals surface area (Å²) in [6, 6.07) is 6.97. The maximum absolute atomic E-state index is 13.4. The largest absolute Gasteiger partial charge is 0.480 e. The molecule has 3 amide bonds. The minimum atomic E-state index is -1.43. The van der Waals surface area contributed by atoms with Gasteiger partial charge in [0.15, 0.2) is 5.78 Å². The van der Waals surface area contributed by atoms with Gasteiger partial charge in [-0.05, 0) is 62.0 Å². The number of carboxylic acid groups (broad SMARTS) is 1. The Morgan fingerprint density at radius 1 is 1.02 bits per heavy atom. The molecule has 224 valence electrons. The van der Waals surface area contributed by atoms with E-state index >= 15 is 0 Å². The Balaban J connectivity index is 1.47. The number of carbonyl (C=O) groups excluding carboxylic acids is 4. The number of aliphatic carboxylic acids is 1. The number of carbonyl (C=O) groups is 5. The van der Waals surface area contributed by atoms with E-state index in [9.17, 15) is 29.1 Å². The van der Waals surface area contributed by atoms with Crippen molar-refractivity contribution in [2.24, 2.45) is 5.41 Å². The van der Waals surface area contributed by atoms with Crippen LogP contribution in [0.25, 0.3) is 0 Å². The molecule has 1 saturated carbocycles. The third kappa shape index (κ3) is 6.22. The number of ketones is 1. The zero-order chi connectivity index (χ0) is 30.8. The van der Waals surface area contributed by atoms with Crippen LogP contribution in [0.2, 0.25) is 0 Å². The summed E-state index contributed by atoms with van der Waals surface area (Å²) < 4.78 is 0. The highest BCUT2D eigenvalue weighted by atomic mass is 32.2. The zero-order valence-electron chi connectivity index (χ0n) is 24.2. The SMILES string of the molecule is CC(=O)N[C@H](CSCC1=C(C)C=C2C(=O)[C@](C)(O)C3(CC3)C(C)=C21)C(=O)N[C@@H](Cc1ccccc1)C(=O)NCC(=O)O. The summed E-state index contributed by atoms with van der Waals surface area (Å²) in [6.07, 6.45) is 3.46. The Morgan fingerprint density at radius 3 is 2.29 bits per heavy atom. The van der Waals surface area contributed by atoms with Crippen molar-refractivity contribution in [2.45, 2.75) is 64.6 Å². The number of allylic oxidation sites excluding steroid dienone is 3. The van der Waals surface area contributed by atoms with Gasteiger partial charge in [-0.2, -0.15) is 11.8 Å². The first kappa shape index (κ1) is 31.2. The number of nitrogens with one attached hydrogen (secondary N) is 3. The first-order valence-corrected chi connectivity index (χ1v) is 15.0. The predicted octanol–water partition coefficient (Wildman–Crippen LogP) is 1.84. The molecule has 0 heterocycles. The minimum Gasteiger partial charge on any atom is -0.480 e. The second-order valence-corrected chi connectivity index (χ2v) is 12.4. The van der Waals surface area contributed by atoms with E-state index in [0.29, 0.717) is 11.3 Å². The number of hydrogen-bond acceptors (Lipinski definition) is 7. The van der Waals surface area contributed by atoms with Gasteiger partial charge in [-0.15, -0.1) is 0 Å². The van der Waals surface area contributed by atoms with E-state index in [1.807, 2.05) is 26.0 Å². The molecule has 1 aromatic rings. The van der Waals surface area contributed by atoms with Crippen LogP contribution in [0.15, 0.2) is 64.3 Å². The second-order valence-electron chi connectivity index (χ2n) is 11.3. The van der Waals surface area contributed by atoms with Crippen LogP contribution in [0.5, 0.6) is 0 Å². The Labute approximate surface area is 249 Å². The molecule has 4 rings (SSSR count). The van der Waals surface area contributed by atoms with Crippen LogP contribution >= 0.6 is 11.8 Å². The van der Waals surface area contributed by atoms with Gasteiger partial charge >= 0.3 is 5.97 Å². The van der Waals surface area contributed by atoms with Crippen molar-refractivity contribution < 1.29 is 34.2 Å². The van der Waals surface area contributed by atoms with Crippen LogP contribution in [0.4, 0.5) is 0 Å². The predicted molar refractivity (Wildman–Crippen MR) is 158 cm³/mol. The highest BCUT2D eigenvalue weighted by Crippen LogP contribution is 2.65. The lowest BCUT2D eigenvalue weighted by atomic mass is 9.67. The van der Waals surface area contributed by atoms with Gasteiger partial charge in [-0.25, -0.2) is 0 Å². The molecule has 10 nitrogen and oxygen atoms in total. The van der Waals surface area contributed by atoms with E-state index in [4.69, 9.17) is 5.11 Å². The number of amides is 3. The molecule has 0 aliphatic heterocycles. The third-order valence-electron chi connectivity index (χ3n) is 8.42. The molecule has 11 heteroatoms. The summed E-state index contributed by atoms with van der Waals surface area (Å²) in [7, 11) is 0. The fourth-order valence-electron chi connectivity index (χ4n) is 5.92. The molecule has 3 aliphatic rings. The van der Waals surface area contributed by atoms with E-state index in [1.54, 1.807) is 31.2 Å². The maximum Gasteiger partial charge on any atom is 0.322 e. The summed E-state index contributed by atoms with van der Waals surface area (Å²) >= 11 is 1.41. The summed E-state index contributed by atoms with van der Waals surface area (Å²) in [4.78, 5) is 62.4. The van der Waals surface area contributed by atoms with E-state index in [0.717, 1.165) is 40.7 Å². The average Bonchev–Trinajstić information content (AvgIpc) is 3.69. The van der Waals surface area contributed by atoms with Crippen LogP contribution in [-0.2, 0) is 30.4 Å². The summed E-state index contributed by atoms with van der Waals surface area (Å²) in [6.45, 7) is 6.22. The topological polar surface area (TPSA) is 162 Å². The van der Waals surface area contributed by atoms with E-state index in [-0.39, 0.29) is 18.0 Å². The molecule has 0 bridgehead atoms. The molecule has 0 radical (unpaired) electrons. The molecular weight excluding hydrogens is 558 g/mol. The molecule has 1 fully saturated rings. The van der Waals surface area contributed by atoms with Crippen LogP contribution in [0, 0.1) is 5.41 Å². The Kier molecular flexibility index (Phi) is 9.12. The van der Waals surface area contributed by atoms with Crippen molar-refractivity contribution in [3.05, 3.63) is 69.8 Å². The number of benzene rings is 1. The molecule has 5 N–H and O–H groups in total. The Morgan fingerprint density at radius 2 is 1.69 bits per heavy atom. The number of hydrogen-bond donors (Lipinski definition) is 5. The molecule has 0 unspecified atom stereocenters. The van der Waals surface area contributed by atoms with Gasteiger partial charge in [-0.3, -0.25) is 24.0 Å². The number of rotatable bonds is 12. The smallest absolute Gasteiger partial charge is 0.322 e. The van der Waals surface area contributed by atoms with Gasteiger partial charge in [-0.1, -0.05) is 35.9 Å². The van der Waals surface area contributed by atoms with Crippen molar-refractivity contribution in [3.63, 3.8) is 0 Å². The monoisotopic (exact) mass is 595 g/mol. The molecule has 1 spiro atoms. The number of thioether (sulfide) groups is 1. The van der Waals surface area contributed by atoms with Crippen molar-refractivity contribution >= 4 is 41.2 Å². The number of fused-ring (bicyclic) bond motifs is 1. The van der Waals surface area contributed by atoms with E-state index in [2.05, 4.69) is 16.0 Å². The number of aliphatic hydroxyl groups is 1. The summed E-state index contributed by atoms with van der Waals surface area (Å²) in [5.41, 5.74) is 3.11. The average molecular weight is 596 g/mol. The summed E-state index contributed by atoms with van der Waals surface area (Å²) in [5.74, 6) is -2.45. The van der Waals surface area contributed by atoms with Crippen molar-refractivity contribution in [2.75, 3.05) is 18.1 Å². The molecule has 0 aromatic heterocycles. The van der Waals surface area contributed by atoms with E-state index in [1.165, 1.54) is 18.7 Å². The first-order valence-electron chi connectivity index (χ1n) is 13.9. The molecular formula is C31H37N3O7S. The van der Waals surface area contributed by atoms with Crippen LogP contribution < -0.4 is 16.0 Å². The highest BCUT2D eigenvalue weighted by molar-refractivity contribution is 7.99. The Bertz CT molecular complexity index is 1410. The van der Waals surface area contributed by atoms with Crippen LogP contribution in [-0.4, -0.2) is 75.4 Å². The van der Waals surface area contributed by atoms with Crippen LogP contribution in [0.1, 0.15) is 46.1 Å². The summed E-state index contributed by atoms with van der Waals surface area (Å²) in [5, 5.41) is 27.7. The van der Waals surface area contributed by atoms with Crippen LogP contribution in [0.3, 0.4) is 0 Å². The molecule has 1 aromatic carbocycles. The van der Waals surface area contributed by atoms with Crippen molar-refractivity contribution in [1.82, 2.24) is 16.0 Å². The van der Waals surface area contributed by atoms with Crippen molar-refractivity contribution in [3.8, 4) is 0 Å².